The minimum Gasteiger partial charge on any atom is -0.303 e. The molecule has 2 aliphatic heterocycles. The van der Waals surface area contributed by atoms with E-state index in [-0.39, 0.29) is 41.5 Å². The molecule has 2 aliphatic rings. The van der Waals surface area contributed by atoms with Crippen molar-refractivity contribution >= 4 is 12.1 Å². The van der Waals surface area contributed by atoms with Crippen LogP contribution in [0.2, 0.25) is 0 Å². The van der Waals surface area contributed by atoms with Crippen molar-refractivity contribution in [3.05, 3.63) is 71.3 Å². The lowest BCUT2D eigenvalue weighted by Crippen LogP contribution is -2.46. The number of ketones is 1. The maximum Gasteiger partial charge on any atom is 0.166 e. The highest BCUT2D eigenvalue weighted by atomic mass is 19.1. The van der Waals surface area contributed by atoms with Crippen LogP contribution in [-0.2, 0) is 4.79 Å². The number of aldehydes is 1. The van der Waals surface area contributed by atoms with E-state index in [1.807, 2.05) is 0 Å². The van der Waals surface area contributed by atoms with Gasteiger partial charge < -0.3 is 4.79 Å². The third-order valence-corrected chi connectivity index (χ3v) is 6.46. The summed E-state index contributed by atoms with van der Waals surface area (Å²) < 4.78 is 26.6. The zero-order chi connectivity index (χ0) is 20.4. The molecule has 3 unspecified atom stereocenters. The molecule has 152 valence electrons. The van der Waals surface area contributed by atoms with E-state index in [0.29, 0.717) is 18.4 Å². The quantitative estimate of drug-likeness (QED) is 0.481. The normalized spacial score (nSPS) is 25.0. The first kappa shape index (κ1) is 19.9. The fourth-order valence-electron chi connectivity index (χ4n) is 5.18. The van der Waals surface area contributed by atoms with Crippen LogP contribution in [0, 0.1) is 17.6 Å². The molecule has 0 saturated carbocycles. The Morgan fingerprint density at radius 2 is 1.52 bits per heavy atom. The predicted molar refractivity (Wildman–Crippen MR) is 107 cm³/mol. The summed E-state index contributed by atoms with van der Waals surface area (Å²) in [6, 6.07) is 12.9. The van der Waals surface area contributed by atoms with Gasteiger partial charge in [0.1, 0.15) is 17.9 Å². The highest BCUT2D eigenvalue weighted by Gasteiger charge is 2.45. The Labute approximate surface area is 169 Å². The average molecular weight is 397 g/mol. The number of fused-ring (bicyclic) bond motifs is 2. The van der Waals surface area contributed by atoms with Crippen LogP contribution in [0.5, 0.6) is 0 Å². The van der Waals surface area contributed by atoms with Crippen molar-refractivity contribution in [3.63, 3.8) is 0 Å². The van der Waals surface area contributed by atoms with Crippen molar-refractivity contribution in [2.45, 2.75) is 56.7 Å². The van der Waals surface area contributed by atoms with Gasteiger partial charge in [0.25, 0.3) is 0 Å². The average Bonchev–Trinajstić information content (AvgIpc) is 2.98. The third kappa shape index (κ3) is 4.15. The molecule has 0 aliphatic carbocycles. The maximum atomic E-state index is 13.4. The summed E-state index contributed by atoms with van der Waals surface area (Å²) in [5.41, 5.74) is 1.59. The highest BCUT2D eigenvalue weighted by molar-refractivity contribution is 5.98. The Hall–Kier alpha value is -2.40. The second-order valence-corrected chi connectivity index (χ2v) is 8.18. The second-order valence-electron chi connectivity index (χ2n) is 8.18. The summed E-state index contributed by atoms with van der Waals surface area (Å²) in [6.45, 7) is 0. The number of rotatable bonds is 7. The summed E-state index contributed by atoms with van der Waals surface area (Å²) in [5.74, 6) is -0.579. The van der Waals surface area contributed by atoms with Gasteiger partial charge >= 0.3 is 0 Å². The fourth-order valence-corrected chi connectivity index (χ4v) is 5.18. The Morgan fingerprint density at radius 3 is 2.07 bits per heavy atom. The van der Waals surface area contributed by atoms with E-state index in [9.17, 15) is 18.4 Å². The van der Waals surface area contributed by atoms with E-state index in [2.05, 4.69) is 4.90 Å². The molecule has 2 aromatic carbocycles. The molecule has 2 heterocycles. The number of nitrogens with zero attached hydrogens (tertiary/aromatic N) is 1. The summed E-state index contributed by atoms with van der Waals surface area (Å²) >= 11 is 0. The standard InChI is InChI=1S/C24H25F2NO2/c25-19-7-3-16(4-8-19)23(2-1-13-28)27-21-11-12-22(27)15-18(14-21)24(29)17-5-9-20(26)10-6-17/h3-10,13,18,21-23H,1-2,11-12,14-15H2. The van der Waals surface area contributed by atoms with Gasteiger partial charge in [-0.15, -0.1) is 0 Å². The van der Waals surface area contributed by atoms with Gasteiger partial charge in [0.05, 0.1) is 0 Å². The molecule has 3 atom stereocenters. The lowest BCUT2D eigenvalue weighted by atomic mass is 9.83. The number of Topliss-reactive ketones (excluding diaryl/α,β-unsaturated/α-hetero) is 1. The van der Waals surface area contributed by atoms with Gasteiger partial charge in [-0.25, -0.2) is 8.78 Å². The molecule has 29 heavy (non-hydrogen) atoms. The number of benzene rings is 2. The van der Waals surface area contributed by atoms with Crippen LogP contribution in [0.25, 0.3) is 0 Å². The molecule has 2 bridgehead atoms. The van der Waals surface area contributed by atoms with Crippen LogP contribution in [0.4, 0.5) is 8.78 Å². The Kier molecular flexibility index (Phi) is 5.86. The molecule has 3 nitrogen and oxygen atoms in total. The van der Waals surface area contributed by atoms with Crippen LogP contribution >= 0.6 is 0 Å². The molecule has 0 spiro atoms. The van der Waals surface area contributed by atoms with Crippen LogP contribution in [0.3, 0.4) is 0 Å². The second kappa shape index (κ2) is 8.54. The largest absolute Gasteiger partial charge is 0.303 e. The van der Waals surface area contributed by atoms with E-state index in [1.54, 1.807) is 24.3 Å². The fraction of sp³-hybridized carbons (Fsp3) is 0.417. The lowest BCUT2D eigenvalue weighted by Gasteiger charge is -2.43. The molecule has 0 amide bonds. The monoisotopic (exact) mass is 397 g/mol. The van der Waals surface area contributed by atoms with Crippen molar-refractivity contribution < 1.29 is 18.4 Å². The van der Waals surface area contributed by atoms with Crippen LogP contribution in [0.1, 0.15) is 60.5 Å². The van der Waals surface area contributed by atoms with Crippen molar-refractivity contribution in [1.29, 1.82) is 0 Å². The van der Waals surface area contributed by atoms with Crippen molar-refractivity contribution in [1.82, 2.24) is 4.90 Å². The zero-order valence-electron chi connectivity index (χ0n) is 16.3. The molecular weight excluding hydrogens is 372 g/mol. The summed E-state index contributed by atoms with van der Waals surface area (Å²) in [7, 11) is 0. The van der Waals surface area contributed by atoms with E-state index >= 15 is 0 Å². The molecule has 0 N–H and O–H groups in total. The van der Waals surface area contributed by atoms with Crippen LogP contribution < -0.4 is 0 Å². The first-order valence-corrected chi connectivity index (χ1v) is 10.3. The van der Waals surface area contributed by atoms with E-state index in [0.717, 1.165) is 37.5 Å². The van der Waals surface area contributed by atoms with Crippen molar-refractivity contribution in [2.24, 2.45) is 5.92 Å². The molecule has 0 aromatic heterocycles. The Bertz CT molecular complexity index is 851. The molecule has 2 fully saturated rings. The third-order valence-electron chi connectivity index (χ3n) is 6.46. The van der Waals surface area contributed by atoms with Crippen LogP contribution in [-0.4, -0.2) is 29.1 Å². The predicted octanol–water partition coefficient (Wildman–Crippen LogP) is 5.11. The minimum atomic E-state index is -0.339. The molecule has 2 aromatic rings. The Morgan fingerprint density at radius 1 is 0.966 bits per heavy atom. The Balaban J connectivity index is 1.53. The topological polar surface area (TPSA) is 37.4 Å². The number of hydrogen-bond acceptors (Lipinski definition) is 3. The van der Waals surface area contributed by atoms with Crippen molar-refractivity contribution in [3.8, 4) is 0 Å². The van der Waals surface area contributed by atoms with E-state index in [1.165, 1.54) is 24.3 Å². The van der Waals surface area contributed by atoms with Crippen LogP contribution in [0.15, 0.2) is 48.5 Å². The van der Waals surface area contributed by atoms with Gasteiger partial charge in [-0.05, 0) is 74.1 Å². The van der Waals surface area contributed by atoms with Crippen molar-refractivity contribution in [2.75, 3.05) is 0 Å². The number of carbonyl (C=O) groups is 2. The first-order chi connectivity index (χ1) is 14.1. The molecule has 5 heteroatoms. The van der Waals surface area contributed by atoms with Gasteiger partial charge in [0, 0.05) is 36.0 Å². The minimum absolute atomic E-state index is 0.0557. The SMILES string of the molecule is O=CCCC(c1ccc(F)cc1)N1C2CCC1CC(C(=O)c1ccc(F)cc1)C2. The maximum absolute atomic E-state index is 13.4. The molecule has 0 radical (unpaired) electrons. The van der Waals surface area contributed by atoms with E-state index in [4.69, 9.17) is 0 Å². The van der Waals surface area contributed by atoms with Gasteiger partial charge in [-0.1, -0.05) is 12.1 Å². The van der Waals surface area contributed by atoms with Gasteiger partial charge in [0.15, 0.2) is 5.78 Å². The summed E-state index contributed by atoms with van der Waals surface area (Å²) in [4.78, 5) is 26.4. The molecule has 2 saturated heterocycles. The number of piperidine rings is 1. The molecule has 4 rings (SSSR count). The number of carbonyl (C=O) groups excluding carboxylic acids is 2. The highest BCUT2D eigenvalue weighted by Crippen LogP contribution is 2.45. The summed E-state index contributed by atoms with van der Waals surface area (Å²) in [5, 5.41) is 0. The van der Waals surface area contributed by atoms with Gasteiger partial charge in [-0.3, -0.25) is 9.69 Å². The summed E-state index contributed by atoms with van der Waals surface area (Å²) in [6.07, 6.45) is 5.67. The lowest BCUT2D eigenvalue weighted by molar-refractivity contribution is -0.108. The number of halogens is 2. The van der Waals surface area contributed by atoms with Gasteiger partial charge in [0.2, 0.25) is 0 Å². The van der Waals surface area contributed by atoms with Gasteiger partial charge in [-0.2, -0.15) is 0 Å². The van der Waals surface area contributed by atoms with E-state index < -0.39 is 0 Å². The number of hydrogen-bond donors (Lipinski definition) is 0. The molecular formula is C24H25F2NO2. The zero-order valence-corrected chi connectivity index (χ0v) is 16.3. The first-order valence-electron chi connectivity index (χ1n) is 10.3. The smallest absolute Gasteiger partial charge is 0.166 e.